The van der Waals surface area contributed by atoms with Gasteiger partial charge in [0.2, 0.25) is 0 Å². The number of aromatic nitrogens is 1. The number of nitrogens with zero attached hydrogens (tertiary/aromatic N) is 2. The summed E-state index contributed by atoms with van der Waals surface area (Å²) in [6, 6.07) is 9.06. The molecule has 0 saturated heterocycles. The number of methoxy groups -OCH3 is 1. The molecule has 0 radical (unpaired) electrons. The van der Waals surface area contributed by atoms with Crippen molar-refractivity contribution in [3.63, 3.8) is 0 Å². The largest absolute Gasteiger partial charge is 0.493 e. The Bertz CT molecular complexity index is 662. The first kappa shape index (κ1) is 17.6. The van der Waals surface area contributed by atoms with Crippen molar-refractivity contribution in [2.24, 2.45) is 0 Å². The zero-order valence-electron chi connectivity index (χ0n) is 14.3. The molecule has 0 spiro atoms. The number of anilines is 1. The summed E-state index contributed by atoms with van der Waals surface area (Å²) in [7, 11) is 1.61. The number of nitrogens with one attached hydrogen (secondary N) is 1. The Morgan fingerprint density at radius 1 is 1.17 bits per heavy atom. The molecule has 0 fully saturated rings. The van der Waals surface area contributed by atoms with Gasteiger partial charge >= 0.3 is 6.03 Å². The van der Waals surface area contributed by atoms with E-state index in [-0.39, 0.29) is 6.03 Å². The summed E-state index contributed by atoms with van der Waals surface area (Å²) in [5, 5.41) is 2.86. The second-order valence-electron chi connectivity index (χ2n) is 5.10. The minimum Gasteiger partial charge on any atom is -0.493 e. The highest BCUT2D eigenvalue weighted by Crippen LogP contribution is 2.28. The van der Waals surface area contributed by atoms with E-state index < -0.39 is 0 Å². The van der Waals surface area contributed by atoms with Crippen molar-refractivity contribution in [2.75, 3.05) is 25.6 Å². The molecule has 0 saturated carbocycles. The van der Waals surface area contributed by atoms with Gasteiger partial charge in [0.1, 0.15) is 0 Å². The van der Waals surface area contributed by atoms with Crippen molar-refractivity contribution in [3.8, 4) is 11.5 Å². The Morgan fingerprint density at radius 2 is 1.92 bits per heavy atom. The second-order valence-corrected chi connectivity index (χ2v) is 5.10. The van der Waals surface area contributed by atoms with Gasteiger partial charge in [0.15, 0.2) is 11.5 Å². The summed E-state index contributed by atoms with van der Waals surface area (Å²) >= 11 is 0. The summed E-state index contributed by atoms with van der Waals surface area (Å²) in [6.07, 6.45) is 3.28. The van der Waals surface area contributed by atoms with Gasteiger partial charge in [-0.1, -0.05) is 6.07 Å². The number of ether oxygens (including phenoxy) is 2. The molecule has 1 N–H and O–H groups in total. The lowest BCUT2D eigenvalue weighted by atomic mass is 10.2. The summed E-state index contributed by atoms with van der Waals surface area (Å²) in [5.41, 5.74) is 1.69. The van der Waals surface area contributed by atoms with Crippen LogP contribution in [0.5, 0.6) is 11.5 Å². The maximum Gasteiger partial charge on any atom is 0.322 e. The molecule has 0 atom stereocenters. The van der Waals surface area contributed by atoms with Crippen LogP contribution in [0.3, 0.4) is 0 Å². The van der Waals surface area contributed by atoms with Crippen molar-refractivity contribution in [1.82, 2.24) is 9.88 Å². The number of urea groups is 1. The average molecular weight is 329 g/mol. The van der Waals surface area contributed by atoms with Crippen LogP contribution in [0.4, 0.5) is 10.5 Å². The Morgan fingerprint density at radius 3 is 2.54 bits per heavy atom. The highest BCUT2D eigenvalue weighted by molar-refractivity contribution is 5.89. The van der Waals surface area contributed by atoms with Crippen molar-refractivity contribution in [2.45, 2.75) is 20.4 Å². The van der Waals surface area contributed by atoms with Gasteiger partial charge in [0.05, 0.1) is 13.7 Å². The van der Waals surface area contributed by atoms with E-state index in [0.29, 0.717) is 31.2 Å². The van der Waals surface area contributed by atoms with Crippen molar-refractivity contribution >= 4 is 11.7 Å². The first-order valence-electron chi connectivity index (χ1n) is 7.93. The van der Waals surface area contributed by atoms with E-state index in [1.54, 1.807) is 36.5 Å². The van der Waals surface area contributed by atoms with E-state index in [2.05, 4.69) is 10.3 Å². The van der Waals surface area contributed by atoms with Gasteiger partial charge in [-0.2, -0.15) is 0 Å². The SMILES string of the molecule is CCOc1ccc(CN(CC)C(=O)Nc2ccncc2)cc1OC. The van der Waals surface area contributed by atoms with Crippen molar-refractivity contribution < 1.29 is 14.3 Å². The fourth-order valence-corrected chi connectivity index (χ4v) is 2.27. The van der Waals surface area contributed by atoms with Crippen LogP contribution in [-0.2, 0) is 6.54 Å². The van der Waals surface area contributed by atoms with Gasteiger partial charge in [-0.25, -0.2) is 4.79 Å². The average Bonchev–Trinajstić information content (AvgIpc) is 2.61. The molecular formula is C18H23N3O3. The Hall–Kier alpha value is -2.76. The van der Waals surface area contributed by atoms with Gasteiger partial charge in [-0.15, -0.1) is 0 Å². The topological polar surface area (TPSA) is 63.7 Å². The first-order valence-corrected chi connectivity index (χ1v) is 7.93. The van der Waals surface area contributed by atoms with E-state index in [4.69, 9.17) is 9.47 Å². The van der Waals surface area contributed by atoms with Crippen LogP contribution in [-0.4, -0.2) is 36.2 Å². The standard InChI is InChI=1S/C18H23N3O3/c1-4-21(18(22)20-15-8-10-19-11-9-15)13-14-6-7-16(24-5-2)17(12-14)23-3/h6-12H,4-5,13H2,1-3H3,(H,19,20,22). The predicted octanol–water partition coefficient (Wildman–Crippen LogP) is 3.54. The number of pyridine rings is 1. The number of amides is 2. The molecule has 0 aliphatic carbocycles. The molecule has 6 nitrogen and oxygen atoms in total. The Kier molecular flexibility index (Phi) is 6.42. The molecule has 1 aromatic heterocycles. The number of rotatable bonds is 7. The van der Waals surface area contributed by atoms with Gasteiger partial charge in [0, 0.05) is 31.2 Å². The van der Waals surface area contributed by atoms with E-state index >= 15 is 0 Å². The third-order valence-electron chi connectivity index (χ3n) is 3.50. The molecule has 2 amide bonds. The highest BCUT2D eigenvalue weighted by atomic mass is 16.5. The minimum absolute atomic E-state index is 0.156. The molecule has 2 aromatic rings. The highest BCUT2D eigenvalue weighted by Gasteiger charge is 2.14. The van der Waals surface area contributed by atoms with Gasteiger partial charge < -0.3 is 19.7 Å². The molecule has 0 unspecified atom stereocenters. The lowest BCUT2D eigenvalue weighted by Crippen LogP contribution is -2.34. The third-order valence-corrected chi connectivity index (χ3v) is 3.50. The fourth-order valence-electron chi connectivity index (χ4n) is 2.27. The maximum atomic E-state index is 12.4. The Labute approximate surface area is 142 Å². The summed E-state index contributed by atoms with van der Waals surface area (Å²) in [4.78, 5) is 18.1. The first-order chi connectivity index (χ1) is 11.7. The second kappa shape index (κ2) is 8.76. The van der Waals surface area contributed by atoms with Gasteiger partial charge in [-0.05, 0) is 43.7 Å². The number of carbonyl (C=O) groups is 1. The molecule has 0 aliphatic heterocycles. The molecule has 1 heterocycles. The van der Waals surface area contributed by atoms with Crippen LogP contribution in [0.25, 0.3) is 0 Å². The van der Waals surface area contributed by atoms with Crippen LogP contribution < -0.4 is 14.8 Å². The third kappa shape index (κ3) is 4.62. The minimum atomic E-state index is -0.156. The summed E-state index contributed by atoms with van der Waals surface area (Å²) < 4.78 is 10.9. The molecule has 0 bridgehead atoms. The van der Waals surface area contributed by atoms with E-state index in [1.165, 1.54) is 0 Å². The number of carbonyl (C=O) groups excluding carboxylic acids is 1. The maximum absolute atomic E-state index is 12.4. The number of hydrogen-bond donors (Lipinski definition) is 1. The molecular weight excluding hydrogens is 306 g/mol. The molecule has 24 heavy (non-hydrogen) atoms. The molecule has 0 aliphatic rings. The molecule has 128 valence electrons. The van der Waals surface area contributed by atoms with Crippen molar-refractivity contribution in [3.05, 3.63) is 48.3 Å². The Balaban J connectivity index is 2.07. The lowest BCUT2D eigenvalue weighted by molar-refractivity contribution is 0.212. The van der Waals surface area contributed by atoms with E-state index in [0.717, 1.165) is 11.3 Å². The summed E-state index contributed by atoms with van der Waals surface area (Å²) in [5.74, 6) is 1.37. The van der Waals surface area contributed by atoms with Crippen LogP contribution >= 0.6 is 0 Å². The van der Waals surface area contributed by atoms with Crippen LogP contribution in [0.2, 0.25) is 0 Å². The van der Waals surface area contributed by atoms with E-state index in [1.807, 2.05) is 32.0 Å². The normalized spacial score (nSPS) is 10.1. The summed E-state index contributed by atoms with van der Waals surface area (Å²) in [6.45, 7) is 5.52. The molecule has 1 aromatic carbocycles. The zero-order chi connectivity index (χ0) is 17.4. The molecule has 2 rings (SSSR count). The van der Waals surface area contributed by atoms with Gasteiger partial charge in [0.25, 0.3) is 0 Å². The quantitative estimate of drug-likeness (QED) is 0.844. The van der Waals surface area contributed by atoms with Crippen LogP contribution in [0.1, 0.15) is 19.4 Å². The van der Waals surface area contributed by atoms with Crippen LogP contribution in [0.15, 0.2) is 42.7 Å². The number of benzene rings is 1. The fraction of sp³-hybridized carbons (Fsp3) is 0.333. The number of hydrogen-bond acceptors (Lipinski definition) is 4. The lowest BCUT2D eigenvalue weighted by Gasteiger charge is -2.22. The van der Waals surface area contributed by atoms with Crippen molar-refractivity contribution in [1.29, 1.82) is 0 Å². The smallest absolute Gasteiger partial charge is 0.322 e. The molecule has 6 heteroatoms. The monoisotopic (exact) mass is 329 g/mol. The van der Waals surface area contributed by atoms with Crippen LogP contribution in [0, 0.1) is 0 Å². The van der Waals surface area contributed by atoms with E-state index in [9.17, 15) is 4.79 Å². The predicted molar refractivity (Wildman–Crippen MR) is 93.5 cm³/mol. The van der Waals surface area contributed by atoms with Gasteiger partial charge in [-0.3, -0.25) is 4.98 Å². The zero-order valence-corrected chi connectivity index (χ0v) is 14.3.